The Balaban J connectivity index is 2.89. The monoisotopic (exact) mass is 282 g/mol. The highest BCUT2D eigenvalue weighted by Crippen LogP contribution is 2.12. The molecule has 0 spiro atoms. The molecule has 0 aliphatic rings. The minimum atomic E-state index is -1.35. The van der Waals surface area contributed by atoms with Gasteiger partial charge in [-0.05, 0) is 25.5 Å². The predicted octanol–water partition coefficient (Wildman–Crippen LogP) is 1.70. The molecule has 0 aliphatic carbocycles. The van der Waals surface area contributed by atoms with Gasteiger partial charge in [-0.2, -0.15) is 5.26 Å². The number of carboxylic acid groups (broad SMARTS) is 1. The molecule has 0 saturated heterocycles. The predicted molar refractivity (Wildman–Crippen MR) is 64.6 cm³/mol. The zero-order valence-corrected chi connectivity index (χ0v) is 10.6. The lowest BCUT2D eigenvalue weighted by atomic mass is 10.0. The molecule has 5 nitrogen and oxygen atoms in total. The summed E-state index contributed by atoms with van der Waals surface area (Å²) in [4.78, 5) is 22.7. The van der Waals surface area contributed by atoms with Gasteiger partial charge < -0.3 is 10.4 Å². The maximum Gasteiger partial charge on any atom is 0.326 e. The lowest BCUT2D eigenvalue weighted by molar-refractivity contribution is -0.139. The number of hydrogen-bond donors (Lipinski definition) is 2. The normalized spacial score (nSPS) is 13.1. The molecule has 1 rings (SSSR count). The van der Waals surface area contributed by atoms with Crippen LogP contribution in [-0.4, -0.2) is 23.0 Å². The summed E-state index contributed by atoms with van der Waals surface area (Å²) < 4.78 is 26.4. The van der Waals surface area contributed by atoms with E-state index in [-0.39, 0.29) is 6.42 Å². The van der Waals surface area contributed by atoms with E-state index in [9.17, 15) is 18.4 Å². The molecular formula is C13H12F2N2O3. The van der Waals surface area contributed by atoms with Crippen molar-refractivity contribution in [3.8, 4) is 6.07 Å². The van der Waals surface area contributed by atoms with Gasteiger partial charge in [-0.15, -0.1) is 0 Å². The largest absolute Gasteiger partial charge is 0.480 e. The molecule has 0 aliphatic heterocycles. The summed E-state index contributed by atoms with van der Waals surface area (Å²) in [6.45, 7) is 1.49. The first-order valence-corrected chi connectivity index (χ1v) is 5.74. The van der Waals surface area contributed by atoms with Crippen molar-refractivity contribution in [1.82, 2.24) is 5.32 Å². The summed E-state index contributed by atoms with van der Waals surface area (Å²) >= 11 is 0. The molecule has 7 heteroatoms. The van der Waals surface area contributed by atoms with E-state index in [4.69, 9.17) is 10.4 Å². The lowest BCUT2D eigenvalue weighted by Crippen LogP contribution is -2.42. The van der Waals surface area contributed by atoms with E-state index >= 15 is 0 Å². The Bertz CT molecular complexity index is 569. The molecule has 2 N–H and O–H groups in total. The summed E-state index contributed by atoms with van der Waals surface area (Å²) in [5, 5.41) is 19.6. The van der Waals surface area contributed by atoms with Crippen molar-refractivity contribution >= 4 is 11.9 Å². The molecule has 2 atom stereocenters. The van der Waals surface area contributed by atoms with Gasteiger partial charge in [-0.25, -0.2) is 13.6 Å². The number of halogens is 2. The molecule has 0 fully saturated rings. The number of nitrogens with zero attached hydrogens (tertiary/aromatic N) is 1. The van der Waals surface area contributed by atoms with Crippen LogP contribution in [0.5, 0.6) is 0 Å². The van der Waals surface area contributed by atoms with Gasteiger partial charge in [0.2, 0.25) is 0 Å². The Morgan fingerprint density at radius 1 is 1.45 bits per heavy atom. The van der Waals surface area contributed by atoms with Crippen molar-refractivity contribution in [3.63, 3.8) is 0 Å². The van der Waals surface area contributed by atoms with Crippen molar-refractivity contribution in [2.75, 3.05) is 0 Å². The van der Waals surface area contributed by atoms with E-state index in [1.54, 1.807) is 0 Å². The first-order valence-electron chi connectivity index (χ1n) is 5.74. The second-order valence-electron chi connectivity index (χ2n) is 4.23. The molecule has 0 heterocycles. The Morgan fingerprint density at radius 3 is 2.65 bits per heavy atom. The highest BCUT2D eigenvalue weighted by Gasteiger charge is 2.24. The average molecular weight is 282 g/mol. The first kappa shape index (κ1) is 15.6. The number of nitriles is 1. The molecule has 1 aromatic carbocycles. The van der Waals surface area contributed by atoms with Gasteiger partial charge >= 0.3 is 5.97 Å². The minimum absolute atomic E-state index is 0.130. The number of carbonyl (C=O) groups is 2. The summed E-state index contributed by atoms with van der Waals surface area (Å²) in [6.07, 6.45) is -0.130. The fourth-order valence-corrected chi connectivity index (χ4v) is 1.54. The van der Waals surface area contributed by atoms with Crippen LogP contribution < -0.4 is 5.32 Å². The number of carbonyl (C=O) groups excluding carboxylic acids is 1. The van der Waals surface area contributed by atoms with Crippen LogP contribution in [0.25, 0.3) is 0 Å². The summed E-state index contributed by atoms with van der Waals surface area (Å²) in [5.74, 6) is -5.54. The van der Waals surface area contributed by atoms with Crippen molar-refractivity contribution < 1.29 is 23.5 Å². The van der Waals surface area contributed by atoms with Crippen LogP contribution in [0.1, 0.15) is 23.7 Å². The fraction of sp³-hybridized carbons (Fsp3) is 0.308. The van der Waals surface area contributed by atoms with Crippen molar-refractivity contribution in [2.24, 2.45) is 5.92 Å². The number of nitrogens with one attached hydrogen (secondary N) is 1. The van der Waals surface area contributed by atoms with Crippen LogP contribution in [-0.2, 0) is 4.79 Å². The Kier molecular flexibility index (Phi) is 5.15. The zero-order valence-electron chi connectivity index (χ0n) is 10.6. The van der Waals surface area contributed by atoms with Gasteiger partial charge in [0.15, 0.2) is 11.6 Å². The SMILES string of the molecule is C[C@H](C#N)C[C@H](NC(=O)c1cccc(F)c1F)C(=O)O. The molecule has 0 aromatic heterocycles. The number of amides is 1. The molecule has 106 valence electrons. The smallest absolute Gasteiger partial charge is 0.326 e. The number of carboxylic acids is 1. The number of aliphatic carboxylic acids is 1. The Hall–Kier alpha value is -2.49. The third-order valence-corrected chi connectivity index (χ3v) is 2.61. The third-order valence-electron chi connectivity index (χ3n) is 2.61. The number of benzene rings is 1. The summed E-state index contributed by atoms with van der Waals surface area (Å²) in [6, 6.07) is 3.52. The van der Waals surface area contributed by atoms with E-state index < -0.39 is 41.0 Å². The van der Waals surface area contributed by atoms with Crippen LogP contribution in [0.4, 0.5) is 8.78 Å². The molecule has 1 aromatic rings. The van der Waals surface area contributed by atoms with Crippen molar-refractivity contribution in [2.45, 2.75) is 19.4 Å². The molecular weight excluding hydrogens is 270 g/mol. The fourth-order valence-electron chi connectivity index (χ4n) is 1.54. The third kappa shape index (κ3) is 3.75. The van der Waals surface area contributed by atoms with Crippen LogP contribution >= 0.6 is 0 Å². The average Bonchev–Trinajstić information content (AvgIpc) is 2.40. The van der Waals surface area contributed by atoms with E-state index in [2.05, 4.69) is 5.32 Å². The maximum atomic E-state index is 13.4. The lowest BCUT2D eigenvalue weighted by Gasteiger charge is -2.15. The minimum Gasteiger partial charge on any atom is -0.480 e. The van der Waals surface area contributed by atoms with Crippen LogP contribution in [0.2, 0.25) is 0 Å². The Morgan fingerprint density at radius 2 is 2.10 bits per heavy atom. The molecule has 0 radical (unpaired) electrons. The summed E-state index contributed by atoms with van der Waals surface area (Å²) in [5.41, 5.74) is -0.583. The Labute approximate surface area is 113 Å². The van der Waals surface area contributed by atoms with E-state index in [1.807, 2.05) is 6.07 Å². The second-order valence-corrected chi connectivity index (χ2v) is 4.23. The molecule has 20 heavy (non-hydrogen) atoms. The first-order chi connectivity index (χ1) is 9.36. The number of hydrogen-bond acceptors (Lipinski definition) is 3. The van der Waals surface area contributed by atoms with Gasteiger partial charge in [0.05, 0.1) is 11.6 Å². The maximum absolute atomic E-state index is 13.4. The molecule has 0 unspecified atom stereocenters. The topological polar surface area (TPSA) is 90.2 Å². The number of rotatable bonds is 5. The standard InChI is InChI=1S/C13H12F2N2O3/c1-7(6-16)5-10(13(19)20)17-12(18)8-3-2-4-9(14)11(8)15/h2-4,7,10H,5H2,1H3,(H,17,18)(H,19,20)/t7-,10-/m0/s1. The van der Waals surface area contributed by atoms with E-state index in [1.165, 1.54) is 6.92 Å². The van der Waals surface area contributed by atoms with Crippen LogP contribution in [0, 0.1) is 28.9 Å². The van der Waals surface area contributed by atoms with Gasteiger partial charge in [0, 0.05) is 5.92 Å². The van der Waals surface area contributed by atoms with Crippen molar-refractivity contribution in [3.05, 3.63) is 35.4 Å². The highest BCUT2D eigenvalue weighted by molar-refractivity contribution is 5.96. The van der Waals surface area contributed by atoms with E-state index in [0.29, 0.717) is 0 Å². The van der Waals surface area contributed by atoms with Gasteiger partial charge in [-0.3, -0.25) is 4.79 Å². The quantitative estimate of drug-likeness (QED) is 0.860. The molecule has 0 saturated carbocycles. The van der Waals surface area contributed by atoms with Crippen LogP contribution in [0.15, 0.2) is 18.2 Å². The molecule has 1 amide bonds. The highest BCUT2D eigenvalue weighted by atomic mass is 19.2. The van der Waals surface area contributed by atoms with Crippen molar-refractivity contribution in [1.29, 1.82) is 5.26 Å². The molecule has 0 bridgehead atoms. The van der Waals surface area contributed by atoms with Crippen LogP contribution in [0.3, 0.4) is 0 Å². The van der Waals surface area contributed by atoms with Gasteiger partial charge in [-0.1, -0.05) is 6.07 Å². The van der Waals surface area contributed by atoms with E-state index in [0.717, 1.165) is 18.2 Å². The van der Waals surface area contributed by atoms with Gasteiger partial charge in [0.1, 0.15) is 6.04 Å². The zero-order chi connectivity index (χ0) is 15.3. The van der Waals surface area contributed by atoms with Gasteiger partial charge in [0.25, 0.3) is 5.91 Å². The second kappa shape index (κ2) is 6.61. The summed E-state index contributed by atoms with van der Waals surface area (Å²) in [7, 11) is 0.